The summed E-state index contributed by atoms with van der Waals surface area (Å²) in [6, 6.07) is 15.6. The molecule has 3 aromatic carbocycles. The second kappa shape index (κ2) is 10.5. The topological polar surface area (TPSA) is 9.23 Å². The number of hydrogen-bond acceptors (Lipinski definition) is 1. The number of fused-ring (bicyclic) bond motifs is 1. The minimum Gasteiger partial charge on any atom is -0.484 e. The molecule has 0 aromatic heterocycles. The van der Waals surface area contributed by atoms with E-state index in [2.05, 4.69) is 24.8 Å². The van der Waals surface area contributed by atoms with E-state index in [1.54, 1.807) is 18.2 Å². The highest BCUT2D eigenvalue weighted by Crippen LogP contribution is 2.38. The van der Waals surface area contributed by atoms with Crippen LogP contribution in [0.3, 0.4) is 0 Å². The van der Waals surface area contributed by atoms with Crippen molar-refractivity contribution in [1.29, 1.82) is 0 Å². The Kier molecular flexibility index (Phi) is 7.46. The molecule has 34 heavy (non-hydrogen) atoms. The molecule has 0 aliphatic heterocycles. The molecule has 1 nitrogen and oxygen atoms in total. The lowest BCUT2D eigenvalue weighted by molar-refractivity contribution is -0.153. The third kappa shape index (κ3) is 6.11. The van der Waals surface area contributed by atoms with E-state index in [9.17, 15) is 13.2 Å². The fourth-order valence-corrected chi connectivity index (χ4v) is 4.79. The molecule has 0 atom stereocenters. The fraction of sp³-hybridized carbons (Fsp3) is 0.379. The van der Waals surface area contributed by atoms with E-state index >= 15 is 4.39 Å². The van der Waals surface area contributed by atoms with E-state index in [0.29, 0.717) is 16.9 Å². The number of alkyl halides is 3. The molecule has 0 radical (unpaired) electrons. The summed E-state index contributed by atoms with van der Waals surface area (Å²) < 4.78 is 56.6. The Hall–Kier alpha value is -3.00. The lowest BCUT2D eigenvalue weighted by Crippen LogP contribution is -2.19. The van der Waals surface area contributed by atoms with Gasteiger partial charge in [0.2, 0.25) is 0 Å². The van der Waals surface area contributed by atoms with Crippen LogP contribution in [-0.2, 0) is 0 Å². The number of hydrogen-bond donors (Lipinski definition) is 0. The lowest BCUT2D eigenvalue weighted by atomic mass is 9.77. The maximum atomic E-state index is 15.1. The number of benzene rings is 3. The SMILES string of the molecule is CCCC1CCC(c2ccc3c(F)c(C#Cc4ccc(OCC(F)(F)F)cc4)ccc3c2)CC1. The Morgan fingerprint density at radius 1 is 0.912 bits per heavy atom. The van der Waals surface area contributed by atoms with Gasteiger partial charge in [-0.25, -0.2) is 4.39 Å². The van der Waals surface area contributed by atoms with Gasteiger partial charge in [0.05, 0.1) is 5.56 Å². The standard InChI is InChI=1S/C29H28F4O/c1-2-3-20-4-9-22(10-5-20)24-14-17-27-25(18-24)13-12-23(28(27)30)11-6-21-7-15-26(16-8-21)34-19-29(31,32)33/h7-8,12-18,20,22H,2-5,9-10,19H2,1H3. The van der Waals surface area contributed by atoms with Gasteiger partial charge in [-0.15, -0.1) is 0 Å². The first-order valence-corrected chi connectivity index (χ1v) is 11.9. The number of rotatable bonds is 5. The summed E-state index contributed by atoms with van der Waals surface area (Å²) in [5, 5.41) is 1.42. The van der Waals surface area contributed by atoms with Crippen molar-refractivity contribution < 1.29 is 22.3 Å². The van der Waals surface area contributed by atoms with Gasteiger partial charge in [-0.3, -0.25) is 0 Å². The van der Waals surface area contributed by atoms with Crippen LogP contribution in [0.4, 0.5) is 17.6 Å². The van der Waals surface area contributed by atoms with Gasteiger partial charge >= 0.3 is 6.18 Å². The fourth-order valence-electron chi connectivity index (χ4n) is 4.79. The molecule has 0 spiro atoms. The Morgan fingerprint density at radius 2 is 1.65 bits per heavy atom. The summed E-state index contributed by atoms with van der Waals surface area (Å²) in [7, 11) is 0. The monoisotopic (exact) mass is 468 g/mol. The van der Waals surface area contributed by atoms with E-state index in [1.165, 1.54) is 56.2 Å². The number of ether oxygens (including phenoxy) is 1. The van der Waals surface area contributed by atoms with E-state index < -0.39 is 12.8 Å². The van der Waals surface area contributed by atoms with E-state index in [4.69, 9.17) is 4.74 Å². The van der Waals surface area contributed by atoms with E-state index in [1.807, 2.05) is 18.2 Å². The summed E-state index contributed by atoms with van der Waals surface area (Å²) in [5.74, 6) is 6.87. The Bertz CT molecular complexity index is 1180. The van der Waals surface area contributed by atoms with E-state index in [-0.39, 0.29) is 17.1 Å². The van der Waals surface area contributed by atoms with Crippen LogP contribution in [0.25, 0.3) is 10.8 Å². The molecule has 0 unspecified atom stereocenters. The third-order valence-electron chi connectivity index (χ3n) is 6.59. The zero-order valence-corrected chi connectivity index (χ0v) is 19.2. The van der Waals surface area contributed by atoms with Crippen LogP contribution in [0.15, 0.2) is 54.6 Å². The van der Waals surface area contributed by atoms with Crippen molar-refractivity contribution in [3.05, 3.63) is 77.1 Å². The highest BCUT2D eigenvalue weighted by atomic mass is 19.4. The molecule has 0 saturated heterocycles. The first kappa shape index (κ1) is 24.1. The van der Waals surface area contributed by atoms with Crippen LogP contribution in [0.2, 0.25) is 0 Å². The van der Waals surface area contributed by atoms with Gasteiger partial charge in [-0.05, 0) is 78.8 Å². The van der Waals surface area contributed by atoms with Crippen LogP contribution < -0.4 is 4.74 Å². The van der Waals surface area contributed by atoms with Gasteiger partial charge in [0, 0.05) is 10.9 Å². The van der Waals surface area contributed by atoms with Gasteiger partial charge < -0.3 is 4.74 Å². The second-order valence-corrected chi connectivity index (χ2v) is 9.09. The first-order valence-electron chi connectivity index (χ1n) is 11.9. The van der Waals surface area contributed by atoms with Gasteiger partial charge in [0.25, 0.3) is 0 Å². The average molecular weight is 469 g/mol. The van der Waals surface area contributed by atoms with Crippen LogP contribution >= 0.6 is 0 Å². The molecule has 0 N–H and O–H groups in total. The second-order valence-electron chi connectivity index (χ2n) is 9.09. The number of halogens is 4. The highest BCUT2D eigenvalue weighted by molar-refractivity contribution is 5.85. The molecule has 0 bridgehead atoms. The lowest BCUT2D eigenvalue weighted by Gasteiger charge is -2.28. The van der Waals surface area contributed by atoms with Crippen molar-refractivity contribution in [2.45, 2.75) is 57.5 Å². The van der Waals surface area contributed by atoms with Crippen molar-refractivity contribution in [2.24, 2.45) is 5.92 Å². The molecule has 1 saturated carbocycles. The van der Waals surface area contributed by atoms with Crippen molar-refractivity contribution in [3.8, 4) is 17.6 Å². The maximum absolute atomic E-state index is 15.1. The summed E-state index contributed by atoms with van der Waals surface area (Å²) in [6.07, 6.45) is 3.11. The van der Waals surface area contributed by atoms with Gasteiger partial charge in [-0.1, -0.05) is 55.9 Å². The van der Waals surface area contributed by atoms with Crippen molar-refractivity contribution >= 4 is 10.8 Å². The summed E-state index contributed by atoms with van der Waals surface area (Å²) in [6.45, 7) is 0.901. The summed E-state index contributed by atoms with van der Waals surface area (Å²) in [5.41, 5.74) is 2.14. The molecule has 0 amide bonds. The Balaban J connectivity index is 1.46. The van der Waals surface area contributed by atoms with Crippen LogP contribution in [0.1, 0.15) is 68.1 Å². The van der Waals surface area contributed by atoms with Crippen molar-refractivity contribution in [1.82, 2.24) is 0 Å². The molecule has 1 aliphatic rings. The van der Waals surface area contributed by atoms with Crippen molar-refractivity contribution in [3.63, 3.8) is 0 Å². The Morgan fingerprint density at radius 3 is 2.32 bits per heavy atom. The predicted molar refractivity (Wildman–Crippen MR) is 127 cm³/mol. The van der Waals surface area contributed by atoms with Crippen molar-refractivity contribution in [2.75, 3.05) is 6.61 Å². The molecular formula is C29H28F4O. The molecule has 3 aromatic rings. The molecule has 1 aliphatic carbocycles. The van der Waals surface area contributed by atoms with Gasteiger partial charge in [0.15, 0.2) is 6.61 Å². The quantitative estimate of drug-likeness (QED) is 0.270. The summed E-state index contributed by atoms with van der Waals surface area (Å²) >= 11 is 0. The third-order valence-corrected chi connectivity index (χ3v) is 6.59. The zero-order chi connectivity index (χ0) is 24.1. The van der Waals surface area contributed by atoms with Gasteiger partial charge in [-0.2, -0.15) is 13.2 Å². The van der Waals surface area contributed by atoms with Crippen LogP contribution in [0.5, 0.6) is 5.75 Å². The Labute approximate surface area is 198 Å². The molecular weight excluding hydrogens is 440 g/mol. The predicted octanol–water partition coefficient (Wildman–Crippen LogP) is 8.39. The first-order chi connectivity index (χ1) is 16.3. The minimum absolute atomic E-state index is 0.106. The molecule has 1 fully saturated rings. The maximum Gasteiger partial charge on any atom is 0.422 e. The van der Waals surface area contributed by atoms with Crippen LogP contribution in [-0.4, -0.2) is 12.8 Å². The minimum atomic E-state index is -4.39. The smallest absolute Gasteiger partial charge is 0.422 e. The van der Waals surface area contributed by atoms with E-state index in [0.717, 1.165) is 11.3 Å². The summed E-state index contributed by atoms with van der Waals surface area (Å²) in [4.78, 5) is 0. The molecule has 5 heteroatoms. The molecule has 0 heterocycles. The van der Waals surface area contributed by atoms with Gasteiger partial charge in [0.1, 0.15) is 11.6 Å². The highest BCUT2D eigenvalue weighted by Gasteiger charge is 2.28. The molecule has 4 rings (SSSR count). The normalized spacial score (nSPS) is 18.4. The largest absolute Gasteiger partial charge is 0.484 e. The molecule has 178 valence electrons. The zero-order valence-electron chi connectivity index (χ0n) is 19.2. The average Bonchev–Trinajstić information content (AvgIpc) is 2.83. The van der Waals surface area contributed by atoms with Crippen LogP contribution in [0, 0.1) is 23.6 Å².